The topological polar surface area (TPSA) is 57.7 Å². The summed E-state index contributed by atoms with van der Waals surface area (Å²) in [6.45, 7) is 1.63. The van der Waals surface area contributed by atoms with Gasteiger partial charge in [0.15, 0.2) is 11.5 Å². The first-order valence-electron chi connectivity index (χ1n) is 5.38. The largest absolute Gasteiger partial charge is 0.573 e. The van der Waals surface area contributed by atoms with E-state index in [0.717, 1.165) is 13.3 Å². The van der Waals surface area contributed by atoms with Gasteiger partial charge >= 0.3 is 12.3 Å². The maximum Gasteiger partial charge on any atom is 0.573 e. The summed E-state index contributed by atoms with van der Waals surface area (Å²) in [7, 11) is 1.12. The second-order valence-corrected chi connectivity index (χ2v) is 3.94. The maximum atomic E-state index is 12.3. The number of aromatic nitrogens is 1. The Morgan fingerprint density at radius 2 is 2.10 bits per heavy atom. The summed E-state index contributed by atoms with van der Waals surface area (Å²) >= 11 is 3.09. The third-order valence-electron chi connectivity index (χ3n) is 2.11. The summed E-state index contributed by atoms with van der Waals surface area (Å²) in [6.07, 6.45) is -4.08. The minimum absolute atomic E-state index is 0.0636. The molecule has 0 atom stereocenters. The molecule has 0 aliphatic rings. The van der Waals surface area contributed by atoms with E-state index < -0.39 is 18.1 Å². The zero-order valence-electron chi connectivity index (χ0n) is 10.6. The van der Waals surface area contributed by atoms with Crippen LogP contribution in [0.15, 0.2) is 6.20 Å². The van der Waals surface area contributed by atoms with E-state index in [1.807, 2.05) is 0 Å². The number of alkyl halides is 4. The Labute approximate surface area is 121 Å². The van der Waals surface area contributed by atoms with E-state index >= 15 is 0 Å². The van der Waals surface area contributed by atoms with Gasteiger partial charge in [-0.25, -0.2) is 4.79 Å². The van der Waals surface area contributed by atoms with Gasteiger partial charge in [-0.05, 0) is 6.92 Å². The molecule has 1 rings (SSSR count). The molecule has 0 aliphatic carbocycles. The molecule has 0 fully saturated rings. The number of hydrogen-bond donors (Lipinski definition) is 0. The van der Waals surface area contributed by atoms with Crippen molar-refractivity contribution in [1.29, 1.82) is 0 Å². The highest BCUT2D eigenvalue weighted by molar-refractivity contribution is 9.08. The molecule has 5 nitrogen and oxygen atoms in total. The quantitative estimate of drug-likeness (QED) is 0.598. The van der Waals surface area contributed by atoms with Crippen LogP contribution in [0.5, 0.6) is 11.5 Å². The number of ether oxygens (including phenoxy) is 3. The molecule has 0 saturated heterocycles. The number of pyridine rings is 1. The van der Waals surface area contributed by atoms with Crippen LogP contribution in [-0.2, 0) is 10.1 Å². The lowest BCUT2D eigenvalue weighted by Gasteiger charge is -2.16. The fourth-order valence-electron chi connectivity index (χ4n) is 1.43. The smallest absolute Gasteiger partial charge is 0.492 e. The first-order valence-corrected chi connectivity index (χ1v) is 6.50. The number of rotatable bonds is 5. The zero-order chi connectivity index (χ0) is 15.3. The molecule has 0 saturated carbocycles. The van der Waals surface area contributed by atoms with Gasteiger partial charge in [0.05, 0.1) is 25.6 Å². The molecule has 9 heteroatoms. The maximum absolute atomic E-state index is 12.3. The summed E-state index contributed by atoms with van der Waals surface area (Å²) in [6, 6.07) is 0. The second kappa shape index (κ2) is 6.78. The Morgan fingerprint density at radius 1 is 1.45 bits per heavy atom. The summed E-state index contributed by atoms with van der Waals surface area (Å²) < 4.78 is 50.3. The molecule has 0 bridgehead atoms. The van der Waals surface area contributed by atoms with Gasteiger partial charge < -0.3 is 14.2 Å². The number of methoxy groups -OCH3 is 1. The average molecular weight is 358 g/mol. The van der Waals surface area contributed by atoms with Crippen molar-refractivity contribution in [2.24, 2.45) is 0 Å². The molecular weight excluding hydrogens is 347 g/mol. The molecule has 0 spiro atoms. The first kappa shape index (κ1) is 16.5. The van der Waals surface area contributed by atoms with Gasteiger partial charge in [0.2, 0.25) is 0 Å². The van der Waals surface area contributed by atoms with E-state index in [1.54, 1.807) is 6.92 Å². The minimum atomic E-state index is -4.92. The minimum Gasteiger partial charge on any atom is -0.492 e. The standard InChI is InChI=1S/C11H11BrF3NO4/c1-3-19-10(17)8-6(4-12)16-5-7(9(8)18-2)20-11(13,14)15/h5H,3-4H2,1-2H3. The van der Waals surface area contributed by atoms with Crippen LogP contribution < -0.4 is 9.47 Å². The molecule has 0 unspecified atom stereocenters. The Morgan fingerprint density at radius 3 is 2.55 bits per heavy atom. The van der Waals surface area contributed by atoms with Crippen molar-refractivity contribution >= 4 is 21.9 Å². The van der Waals surface area contributed by atoms with Crippen LogP contribution in [-0.4, -0.2) is 31.0 Å². The normalized spacial score (nSPS) is 11.1. The van der Waals surface area contributed by atoms with Crippen LogP contribution in [0, 0.1) is 0 Å². The number of hydrogen-bond acceptors (Lipinski definition) is 5. The molecule has 1 aromatic rings. The van der Waals surface area contributed by atoms with Gasteiger partial charge in [-0.2, -0.15) is 0 Å². The van der Waals surface area contributed by atoms with E-state index in [9.17, 15) is 18.0 Å². The van der Waals surface area contributed by atoms with Crippen molar-refractivity contribution < 1.29 is 32.2 Å². The molecule has 0 amide bonds. The lowest BCUT2D eigenvalue weighted by molar-refractivity contribution is -0.275. The molecular formula is C11H11BrF3NO4. The number of carbonyl (C=O) groups is 1. The van der Waals surface area contributed by atoms with E-state index in [-0.39, 0.29) is 28.9 Å². The summed E-state index contributed by atoms with van der Waals surface area (Å²) in [5, 5.41) is 0.143. The average Bonchev–Trinajstić information content (AvgIpc) is 2.36. The number of nitrogens with zero attached hydrogens (tertiary/aromatic N) is 1. The van der Waals surface area contributed by atoms with E-state index in [2.05, 4.69) is 25.7 Å². The van der Waals surface area contributed by atoms with Gasteiger partial charge in [0.1, 0.15) is 5.56 Å². The summed E-state index contributed by atoms with van der Waals surface area (Å²) in [4.78, 5) is 15.6. The van der Waals surface area contributed by atoms with Crippen LogP contribution in [0.3, 0.4) is 0 Å². The lowest BCUT2D eigenvalue weighted by atomic mass is 10.2. The molecule has 0 N–H and O–H groups in total. The van der Waals surface area contributed by atoms with Crippen LogP contribution in [0.4, 0.5) is 13.2 Å². The monoisotopic (exact) mass is 357 g/mol. The predicted molar refractivity (Wildman–Crippen MR) is 66.1 cm³/mol. The number of carbonyl (C=O) groups excluding carboxylic acids is 1. The number of halogens is 4. The molecule has 20 heavy (non-hydrogen) atoms. The fraction of sp³-hybridized carbons (Fsp3) is 0.455. The molecule has 1 heterocycles. The van der Waals surface area contributed by atoms with E-state index in [4.69, 9.17) is 9.47 Å². The van der Waals surface area contributed by atoms with Crippen LogP contribution in [0.25, 0.3) is 0 Å². The first-order chi connectivity index (χ1) is 9.34. The van der Waals surface area contributed by atoms with Gasteiger partial charge in [-0.15, -0.1) is 13.2 Å². The van der Waals surface area contributed by atoms with Gasteiger partial charge in [0, 0.05) is 5.33 Å². The van der Waals surface area contributed by atoms with Gasteiger partial charge in [-0.1, -0.05) is 15.9 Å². The van der Waals surface area contributed by atoms with E-state index in [0.29, 0.717) is 0 Å². The summed E-state index contributed by atoms with van der Waals surface area (Å²) in [5.41, 5.74) is -0.0113. The molecule has 0 aromatic carbocycles. The summed E-state index contributed by atoms with van der Waals surface area (Å²) in [5.74, 6) is -1.91. The molecule has 1 aromatic heterocycles. The predicted octanol–water partition coefficient (Wildman–Crippen LogP) is 3.06. The zero-order valence-corrected chi connectivity index (χ0v) is 12.2. The van der Waals surface area contributed by atoms with Crippen molar-refractivity contribution in [1.82, 2.24) is 4.98 Å². The van der Waals surface area contributed by atoms with Crippen molar-refractivity contribution in [3.05, 3.63) is 17.5 Å². The van der Waals surface area contributed by atoms with Crippen molar-refractivity contribution in [3.8, 4) is 11.5 Å². The van der Waals surface area contributed by atoms with Crippen LogP contribution in [0.1, 0.15) is 23.0 Å². The Balaban J connectivity index is 3.36. The Hall–Kier alpha value is -1.51. The SMILES string of the molecule is CCOC(=O)c1c(CBr)ncc(OC(F)(F)F)c1OC. The molecule has 112 valence electrons. The lowest BCUT2D eigenvalue weighted by Crippen LogP contribution is -2.19. The van der Waals surface area contributed by atoms with E-state index in [1.165, 1.54) is 0 Å². The Bertz CT molecular complexity index is 493. The Kier molecular flexibility index (Phi) is 5.61. The third kappa shape index (κ3) is 3.99. The highest BCUT2D eigenvalue weighted by atomic mass is 79.9. The van der Waals surface area contributed by atoms with Crippen molar-refractivity contribution in [3.63, 3.8) is 0 Å². The van der Waals surface area contributed by atoms with Gasteiger partial charge in [-0.3, -0.25) is 4.98 Å². The van der Waals surface area contributed by atoms with Gasteiger partial charge in [0.25, 0.3) is 0 Å². The van der Waals surface area contributed by atoms with Crippen molar-refractivity contribution in [2.75, 3.05) is 13.7 Å². The fourth-order valence-corrected chi connectivity index (χ4v) is 1.85. The highest BCUT2D eigenvalue weighted by Gasteiger charge is 2.34. The van der Waals surface area contributed by atoms with Crippen LogP contribution in [0.2, 0.25) is 0 Å². The second-order valence-electron chi connectivity index (χ2n) is 3.38. The van der Waals surface area contributed by atoms with Crippen molar-refractivity contribution in [2.45, 2.75) is 18.6 Å². The third-order valence-corrected chi connectivity index (χ3v) is 2.64. The molecule has 0 aliphatic heterocycles. The highest BCUT2D eigenvalue weighted by Crippen LogP contribution is 2.36. The number of esters is 1. The molecule has 0 radical (unpaired) electrons. The van der Waals surface area contributed by atoms with Crippen LogP contribution >= 0.6 is 15.9 Å².